The first kappa shape index (κ1) is 19.4. The Morgan fingerprint density at radius 1 is 1.06 bits per heavy atom. The highest BCUT2D eigenvalue weighted by molar-refractivity contribution is 7.16. The van der Waals surface area contributed by atoms with Gasteiger partial charge in [-0.25, -0.2) is 4.98 Å². The third-order valence-electron chi connectivity index (χ3n) is 5.53. The normalized spacial score (nSPS) is 11.4. The number of nitrogen functional groups attached to an aromatic ring is 1. The minimum absolute atomic E-state index is 0.593. The van der Waals surface area contributed by atoms with Crippen LogP contribution < -0.4 is 5.73 Å². The van der Waals surface area contributed by atoms with E-state index in [0.717, 1.165) is 54.9 Å². The number of aromatic amines is 2. The second kappa shape index (κ2) is 7.39. The van der Waals surface area contributed by atoms with Crippen LogP contribution in [0.2, 0.25) is 0 Å². The van der Waals surface area contributed by atoms with Gasteiger partial charge in [-0.15, -0.1) is 11.3 Å². The number of pyridine rings is 2. The van der Waals surface area contributed by atoms with Gasteiger partial charge in [-0.05, 0) is 42.8 Å². The Labute approximate surface area is 193 Å². The molecule has 0 saturated heterocycles. The van der Waals surface area contributed by atoms with Gasteiger partial charge in [0.15, 0.2) is 5.82 Å². The van der Waals surface area contributed by atoms with E-state index >= 15 is 0 Å². The zero-order valence-electron chi connectivity index (χ0n) is 17.8. The second-order valence-electron chi connectivity index (χ2n) is 7.93. The van der Waals surface area contributed by atoms with Gasteiger partial charge < -0.3 is 10.7 Å². The second-order valence-corrected chi connectivity index (χ2v) is 9.01. The lowest BCUT2D eigenvalue weighted by molar-refractivity contribution is 1.10. The average molecular weight is 450 g/mol. The minimum Gasteiger partial charge on any atom is -0.397 e. The zero-order valence-corrected chi connectivity index (χ0v) is 18.6. The van der Waals surface area contributed by atoms with E-state index in [1.807, 2.05) is 31.2 Å². The van der Waals surface area contributed by atoms with Crippen LogP contribution in [0.1, 0.15) is 11.8 Å². The van der Waals surface area contributed by atoms with Crippen LogP contribution in [-0.4, -0.2) is 30.1 Å². The maximum atomic E-state index is 5.90. The number of fused-ring (bicyclic) bond motifs is 2. The van der Waals surface area contributed by atoms with Crippen molar-refractivity contribution in [3.8, 4) is 33.2 Å². The first-order valence-corrected chi connectivity index (χ1v) is 11.2. The number of imidazole rings is 1. The van der Waals surface area contributed by atoms with Gasteiger partial charge in [0.1, 0.15) is 5.69 Å². The lowest BCUT2D eigenvalue weighted by Crippen LogP contribution is -1.90. The molecule has 0 aliphatic heterocycles. The van der Waals surface area contributed by atoms with Gasteiger partial charge in [-0.2, -0.15) is 5.10 Å². The van der Waals surface area contributed by atoms with Gasteiger partial charge in [0.2, 0.25) is 0 Å². The average Bonchev–Trinajstić information content (AvgIpc) is 3.55. The van der Waals surface area contributed by atoms with Crippen molar-refractivity contribution in [3.63, 3.8) is 0 Å². The molecule has 1 aromatic carbocycles. The fourth-order valence-electron chi connectivity index (χ4n) is 3.91. The van der Waals surface area contributed by atoms with Crippen molar-refractivity contribution < 1.29 is 0 Å². The topological polar surface area (TPSA) is 109 Å². The van der Waals surface area contributed by atoms with Crippen LogP contribution in [0.15, 0.2) is 67.6 Å². The summed E-state index contributed by atoms with van der Waals surface area (Å²) in [6.45, 7) is 6.08. The van der Waals surface area contributed by atoms with Gasteiger partial charge in [0.25, 0.3) is 0 Å². The number of thiophene rings is 1. The highest BCUT2D eigenvalue weighted by Crippen LogP contribution is 2.36. The Morgan fingerprint density at radius 3 is 2.79 bits per heavy atom. The number of nitrogens with one attached hydrogen (secondary N) is 2. The molecule has 6 aromatic rings. The number of H-pyrrole nitrogens is 2. The maximum absolute atomic E-state index is 5.90. The Morgan fingerprint density at radius 2 is 1.97 bits per heavy atom. The number of para-hydroxylation sites is 1. The number of hydrogen-bond donors (Lipinski definition) is 3. The first-order valence-electron chi connectivity index (χ1n) is 10.4. The molecule has 6 rings (SSSR count). The Hall–Kier alpha value is -4.30. The molecule has 0 bridgehead atoms. The number of hydrogen-bond acceptors (Lipinski definition) is 6. The Balaban J connectivity index is 1.48. The van der Waals surface area contributed by atoms with E-state index in [1.165, 1.54) is 4.88 Å². The van der Waals surface area contributed by atoms with Crippen LogP contribution in [0.25, 0.3) is 60.7 Å². The molecule has 0 unspecified atom stereocenters. The standard InChI is InChI=1S/C25H19N7S/c1-13(2)21-6-7-22(33-21)16-4-3-5-18-23(16)30-25(29-18)24-17-9-19(28-12-20(17)31-32-24)14-8-15(26)11-27-10-14/h3-12H,1,26H2,2H3,(H,29,30)(H,31,32). The number of nitrogens with two attached hydrogens (primary N) is 1. The van der Waals surface area contributed by atoms with Crippen LogP contribution in [0, 0.1) is 0 Å². The Kier molecular flexibility index (Phi) is 4.34. The Bertz CT molecular complexity index is 1670. The van der Waals surface area contributed by atoms with E-state index in [1.54, 1.807) is 29.9 Å². The van der Waals surface area contributed by atoms with Crippen molar-refractivity contribution in [3.05, 3.63) is 72.5 Å². The van der Waals surface area contributed by atoms with E-state index in [4.69, 9.17) is 10.7 Å². The molecule has 0 atom stereocenters. The molecular formula is C25H19N7S. The molecule has 0 spiro atoms. The smallest absolute Gasteiger partial charge is 0.159 e. The van der Waals surface area contributed by atoms with Crippen LogP contribution in [0.5, 0.6) is 0 Å². The fourth-order valence-corrected chi connectivity index (χ4v) is 4.87. The summed E-state index contributed by atoms with van der Waals surface area (Å²) in [5.41, 5.74) is 13.7. The van der Waals surface area contributed by atoms with Crippen molar-refractivity contribution >= 4 is 44.5 Å². The number of aromatic nitrogens is 6. The fraction of sp³-hybridized carbons (Fsp3) is 0.0400. The summed E-state index contributed by atoms with van der Waals surface area (Å²) < 4.78 is 0. The van der Waals surface area contributed by atoms with Gasteiger partial charge in [0, 0.05) is 38.7 Å². The van der Waals surface area contributed by atoms with Crippen LogP contribution in [-0.2, 0) is 0 Å². The first-order chi connectivity index (χ1) is 16.1. The molecule has 0 aliphatic rings. The molecular weight excluding hydrogens is 430 g/mol. The molecule has 33 heavy (non-hydrogen) atoms. The molecule has 0 amide bonds. The molecule has 0 saturated carbocycles. The SMILES string of the molecule is C=C(C)c1ccc(-c2cccc3[nH]c(-c4n[nH]c5cnc(-c6cncc(N)c6)cc45)nc23)s1. The van der Waals surface area contributed by atoms with Crippen molar-refractivity contribution in [2.24, 2.45) is 0 Å². The monoisotopic (exact) mass is 449 g/mol. The van der Waals surface area contributed by atoms with Gasteiger partial charge in [0.05, 0.1) is 34.1 Å². The number of rotatable bonds is 4. The maximum Gasteiger partial charge on any atom is 0.159 e. The van der Waals surface area contributed by atoms with Crippen molar-refractivity contribution in [1.82, 2.24) is 30.1 Å². The highest BCUT2D eigenvalue weighted by Gasteiger charge is 2.17. The highest BCUT2D eigenvalue weighted by atomic mass is 32.1. The summed E-state index contributed by atoms with van der Waals surface area (Å²) >= 11 is 1.72. The summed E-state index contributed by atoms with van der Waals surface area (Å²) in [7, 11) is 0. The summed E-state index contributed by atoms with van der Waals surface area (Å²) in [5.74, 6) is 0.697. The number of anilines is 1. The van der Waals surface area contributed by atoms with Crippen molar-refractivity contribution in [1.29, 1.82) is 0 Å². The molecule has 0 fully saturated rings. The van der Waals surface area contributed by atoms with E-state index in [-0.39, 0.29) is 0 Å². The van der Waals surface area contributed by atoms with Crippen molar-refractivity contribution in [2.75, 3.05) is 5.73 Å². The lowest BCUT2D eigenvalue weighted by Gasteiger charge is -2.02. The van der Waals surface area contributed by atoms with Gasteiger partial charge in [-0.3, -0.25) is 15.1 Å². The molecule has 4 N–H and O–H groups in total. The molecule has 160 valence electrons. The molecule has 5 aromatic heterocycles. The van der Waals surface area contributed by atoms with Gasteiger partial charge >= 0.3 is 0 Å². The summed E-state index contributed by atoms with van der Waals surface area (Å²) in [6, 6.07) is 14.2. The minimum atomic E-state index is 0.593. The van der Waals surface area contributed by atoms with Crippen LogP contribution in [0.3, 0.4) is 0 Å². The van der Waals surface area contributed by atoms with E-state index in [0.29, 0.717) is 11.5 Å². The van der Waals surface area contributed by atoms with Crippen LogP contribution in [0.4, 0.5) is 5.69 Å². The largest absolute Gasteiger partial charge is 0.397 e. The molecule has 5 heterocycles. The summed E-state index contributed by atoms with van der Waals surface area (Å²) in [6.07, 6.45) is 5.13. The van der Waals surface area contributed by atoms with E-state index < -0.39 is 0 Å². The number of allylic oxidation sites excluding steroid dienone is 1. The zero-order chi connectivity index (χ0) is 22.5. The predicted molar refractivity (Wildman–Crippen MR) is 135 cm³/mol. The third kappa shape index (κ3) is 3.28. The van der Waals surface area contributed by atoms with Gasteiger partial charge in [-0.1, -0.05) is 18.7 Å². The van der Waals surface area contributed by atoms with Crippen LogP contribution >= 0.6 is 11.3 Å². The lowest BCUT2D eigenvalue weighted by atomic mass is 10.1. The predicted octanol–water partition coefficient (Wildman–Crippen LogP) is 5.91. The number of benzene rings is 1. The summed E-state index contributed by atoms with van der Waals surface area (Å²) in [5, 5.41) is 8.52. The van der Waals surface area contributed by atoms with Crippen molar-refractivity contribution in [2.45, 2.75) is 6.92 Å². The van der Waals surface area contributed by atoms with E-state index in [9.17, 15) is 0 Å². The quantitative estimate of drug-likeness (QED) is 0.310. The number of nitrogens with zero attached hydrogens (tertiary/aromatic N) is 4. The summed E-state index contributed by atoms with van der Waals surface area (Å²) in [4.78, 5) is 19.4. The molecule has 0 radical (unpaired) electrons. The molecule has 8 heteroatoms. The van der Waals surface area contributed by atoms with E-state index in [2.05, 4.69) is 49.9 Å². The molecule has 7 nitrogen and oxygen atoms in total. The molecule has 0 aliphatic carbocycles. The third-order valence-corrected chi connectivity index (χ3v) is 6.81.